The van der Waals surface area contributed by atoms with Gasteiger partial charge in [0.25, 0.3) is 0 Å². The first kappa shape index (κ1) is 21.8. The third-order valence-corrected chi connectivity index (χ3v) is 8.43. The quantitative estimate of drug-likeness (QED) is 0.517. The van der Waals surface area contributed by atoms with Crippen molar-refractivity contribution < 1.29 is 14.4 Å². The van der Waals surface area contributed by atoms with Crippen molar-refractivity contribution in [3.05, 3.63) is 64.7 Å². The van der Waals surface area contributed by atoms with E-state index in [1.807, 2.05) is 30.3 Å². The normalized spacial score (nSPS) is 31.0. The lowest BCUT2D eigenvalue weighted by molar-refractivity contribution is -0.145. The topological polar surface area (TPSA) is 78.5 Å². The van der Waals surface area contributed by atoms with Gasteiger partial charge in [0.05, 0.1) is 11.8 Å². The van der Waals surface area contributed by atoms with Gasteiger partial charge >= 0.3 is 0 Å². The second kappa shape index (κ2) is 8.21. The summed E-state index contributed by atoms with van der Waals surface area (Å²) in [5.41, 5.74) is 1.08. The fraction of sp³-hybridized carbons (Fsp3) is 0.444. The molecule has 7 heteroatoms. The number of nitrogens with zero attached hydrogens (tertiary/aromatic N) is 1. The molecular weight excluding hydrogens is 450 g/mol. The molecule has 3 aliphatic heterocycles. The predicted octanol–water partition coefficient (Wildman–Crippen LogP) is 4.03. The van der Waals surface area contributed by atoms with Crippen molar-refractivity contribution in [3.63, 3.8) is 0 Å². The summed E-state index contributed by atoms with van der Waals surface area (Å²) in [5.74, 6) is -1.99. The van der Waals surface area contributed by atoms with E-state index in [0.717, 1.165) is 44.1 Å². The molecule has 3 amide bonds. The van der Waals surface area contributed by atoms with Crippen molar-refractivity contribution in [1.29, 1.82) is 0 Å². The van der Waals surface area contributed by atoms with Gasteiger partial charge < -0.3 is 5.32 Å². The first-order valence-electron chi connectivity index (χ1n) is 12.3. The zero-order valence-corrected chi connectivity index (χ0v) is 19.7. The SMILES string of the molecule is O=C1[C@@H]2C(Cc3ccccc3)NC3(C(=O)Nc4ccc(Cl)cc43)[C@@H]2C(=O)N1C1CCCCCC1. The van der Waals surface area contributed by atoms with Crippen LogP contribution in [0.4, 0.5) is 5.69 Å². The maximum Gasteiger partial charge on any atom is 0.250 e. The molecule has 3 fully saturated rings. The summed E-state index contributed by atoms with van der Waals surface area (Å²) in [5, 5.41) is 6.96. The van der Waals surface area contributed by atoms with Gasteiger partial charge in [-0.3, -0.25) is 24.6 Å². The second-order valence-electron chi connectivity index (χ2n) is 10.1. The zero-order chi connectivity index (χ0) is 23.4. The minimum absolute atomic E-state index is 0.0779. The molecule has 3 heterocycles. The molecule has 2 aromatic carbocycles. The van der Waals surface area contributed by atoms with Crippen LogP contribution in [0, 0.1) is 11.8 Å². The number of fused-ring (bicyclic) bond motifs is 4. The van der Waals surface area contributed by atoms with Crippen molar-refractivity contribution in [2.24, 2.45) is 11.8 Å². The van der Waals surface area contributed by atoms with Gasteiger partial charge in [0, 0.05) is 28.4 Å². The maximum atomic E-state index is 14.1. The molecule has 6 nitrogen and oxygen atoms in total. The Balaban J connectivity index is 1.46. The average Bonchev–Trinajstić information content (AvgIpc) is 3.28. The summed E-state index contributed by atoms with van der Waals surface area (Å²) >= 11 is 6.35. The Labute approximate surface area is 204 Å². The number of carbonyl (C=O) groups is 3. The number of benzene rings is 2. The zero-order valence-electron chi connectivity index (χ0n) is 18.9. The van der Waals surface area contributed by atoms with E-state index >= 15 is 0 Å². The number of nitrogens with one attached hydrogen (secondary N) is 2. The Morgan fingerprint density at radius 1 is 0.941 bits per heavy atom. The highest BCUT2D eigenvalue weighted by Crippen LogP contribution is 2.54. The number of amides is 3. The number of hydrogen-bond donors (Lipinski definition) is 2. The molecule has 1 saturated carbocycles. The first-order valence-corrected chi connectivity index (χ1v) is 12.7. The number of likely N-dealkylation sites (tertiary alicyclic amines) is 1. The molecule has 2 aromatic rings. The number of halogens is 1. The van der Waals surface area contributed by atoms with Crippen LogP contribution in [0.1, 0.15) is 49.7 Å². The van der Waals surface area contributed by atoms with Gasteiger partial charge in [-0.05, 0) is 43.0 Å². The summed E-state index contributed by atoms with van der Waals surface area (Å²) in [6, 6.07) is 14.8. The van der Waals surface area contributed by atoms with Crippen LogP contribution in [-0.2, 0) is 26.3 Å². The van der Waals surface area contributed by atoms with E-state index in [9.17, 15) is 14.4 Å². The van der Waals surface area contributed by atoms with Gasteiger partial charge in [-0.15, -0.1) is 0 Å². The van der Waals surface area contributed by atoms with E-state index in [4.69, 9.17) is 11.6 Å². The van der Waals surface area contributed by atoms with E-state index in [1.54, 1.807) is 18.2 Å². The van der Waals surface area contributed by atoms with Gasteiger partial charge in [0.15, 0.2) is 0 Å². The Hall–Kier alpha value is -2.70. The van der Waals surface area contributed by atoms with Crippen molar-refractivity contribution in [2.75, 3.05) is 5.32 Å². The van der Waals surface area contributed by atoms with Crippen LogP contribution in [0.5, 0.6) is 0 Å². The van der Waals surface area contributed by atoms with Crippen molar-refractivity contribution in [2.45, 2.75) is 62.6 Å². The summed E-state index contributed by atoms with van der Waals surface area (Å²) in [6.07, 6.45) is 6.56. The third kappa shape index (κ3) is 3.15. The van der Waals surface area contributed by atoms with Gasteiger partial charge in [-0.25, -0.2) is 0 Å². The number of rotatable bonds is 3. The lowest BCUT2D eigenvalue weighted by atomic mass is 9.76. The summed E-state index contributed by atoms with van der Waals surface area (Å²) in [7, 11) is 0. The number of anilines is 1. The van der Waals surface area contributed by atoms with Gasteiger partial charge in [-0.2, -0.15) is 0 Å². The molecule has 176 valence electrons. The number of hydrogen-bond acceptors (Lipinski definition) is 4. The Kier molecular flexibility index (Phi) is 5.26. The molecule has 34 heavy (non-hydrogen) atoms. The number of carbonyl (C=O) groups excluding carboxylic acids is 3. The molecular formula is C27H28ClN3O3. The van der Waals surface area contributed by atoms with Gasteiger partial charge in [-0.1, -0.05) is 67.6 Å². The van der Waals surface area contributed by atoms with Crippen LogP contribution < -0.4 is 10.6 Å². The highest BCUT2D eigenvalue weighted by molar-refractivity contribution is 6.31. The molecule has 4 atom stereocenters. The van der Waals surface area contributed by atoms with E-state index < -0.39 is 17.4 Å². The van der Waals surface area contributed by atoms with Crippen molar-refractivity contribution in [1.82, 2.24) is 10.2 Å². The van der Waals surface area contributed by atoms with E-state index in [2.05, 4.69) is 10.6 Å². The van der Waals surface area contributed by atoms with Crippen LogP contribution in [0.15, 0.2) is 48.5 Å². The highest BCUT2D eigenvalue weighted by Gasteiger charge is 2.70. The maximum absolute atomic E-state index is 14.1. The summed E-state index contributed by atoms with van der Waals surface area (Å²) < 4.78 is 0. The Morgan fingerprint density at radius 2 is 1.68 bits per heavy atom. The summed E-state index contributed by atoms with van der Waals surface area (Å²) in [4.78, 5) is 43.1. The molecule has 6 rings (SSSR count). The average molecular weight is 478 g/mol. The smallest absolute Gasteiger partial charge is 0.250 e. The van der Waals surface area contributed by atoms with Gasteiger partial charge in [0.2, 0.25) is 17.7 Å². The van der Waals surface area contributed by atoms with E-state index in [-0.39, 0.29) is 29.8 Å². The first-order chi connectivity index (χ1) is 16.5. The Morgan fingerprint density at radius 3 is 2.41 bits per heavy atom. The van der Waals surface area contributed by atoms with E-state index in [1.165, 1.54) is 4.90 Å². The standard InChI is InChI=1S/C27H28ClN3O3/c28-17-12-13-20-19(15-17)27(26(34)29-20)23-22(21(30-27)14-16-8-4-3-5-9-16)24(32)31(25(23)33)18-10-6-1-2-7-11-18/h3-5,8-9,12-13,15,18,21-23,30H,1-2,6-7,10-11,14H2,(H,29,34)/t21?,22-,23+,27?/m1/s1. The molecule has 2 N–H and O–H groups in total. The lowest BCUT2D eigenvalue weighted by Crippen LogP contribution is -2.54. The molecule has 1 aliphatic carbocycles. The molecule has 0 aromatic heterocycles. The van der Waals surface area contributed by atoms with Crippen LogP contribution in [0.25, 0.3) is 0 Å². The molecule has 2 saturated heterocycles. The monoisotopic (exact) mass is 477 g/mol. The molecule has 0 bridgehead atoms. The van der Waals surface area contributed by atoms with Crippen LogP contribution in [-0.4, -0.2) is 34.7 Å². The van der Waals surface area contributed by atoms with Crippen molar-refractivity contribution >= 4 is 35.0 Å². The van der Waals surface area contributed by atoms with Crippen LogP contribution >= 0.6 is 11.6 Å². The predicted molar refractivity (Wildman–Crippen MR) is 129 cm³/mol. The summed E-state index contributed by atoms with van der Waals surface area (Å²) in [6.45, 7) is 0. The number of imide groups is 1. The molecule has 2 unspecified atom stereocenters. The minimum Gasteiger partial charge on any atom is -0.324 e. The molecule has 4 aliphatic rings. The Bertz CT molecular complexity index is 1160. The minimum atomic E-state index is -1.30. The molecule has 1 spiro atoms. The fourth-order valence-corrected chi connectivity index (χ4v) is 6.89. The van der Waals surface area contributed by atoms with Gasteiger partial charge in [0.1, 0.15) is 5.54 Å². The fourth-order valence-electron chi connectivity index (χ4n) is 6.72. The lowest BCUT2D eigenvalue weighted by Gasteiger charge is -2.32. The molecule has 0 radical (unpaired) electrons. The van der Waals surface area contributed by atoms with Crippen molar-refractivity contribution in [3.8, 4) is 0 Å². The van der Waals surface area contributed by atoms with E-state index in [0.29, 0.717) is 22.7 Å². The highest BCUT2D eigenvalue weighted by atomic mass is 35.5. The largest absolute Gasteiger partial charge is 0.324 e. The van der Waals surface area contributed by atoms with Crippen LogP contribution in [0.3, 0.4) is 0 Å². The third-order valence-electron chi connectivity index (χ3n) is 8.20. The van der Waals surface area contributed by atoms with Crippen LogP contribution in [0.2, 0.25) is 5.02 Å². The second-order valence-corrected chi connectivity index (χ2v) is 10.5.